The number of ether oxygens (including phenoxy) is 2. The first-order valence-corrected chi connectivity index (χ1v) is 8.47. The van der Waals surface area contributed by atoms with Gasteiger partial charge in [0, 0.05) is 16.8 Å². The molecule has 0 spiro atoms. The summed E-state index contributed by atoms with van der Waals surface area (Å²) in [5.41, 5.74) is 6.90. The molecule has 2 heterocycles. The van der Waals surface area contributed by atoms with Gasteiger partial charge in [-0.2, -0.15) is 0 Å². The van der Waals surface area contributed by atoms with Gasteiger partial charge in [0.15, 0.2) is 16.7 Å². The summed E-state index contributed by atoms with van der Waals surface area (Å²) in [7, 11) is 0. The van der Waals surface area contributed by atoms with Crippen molar-refractivity contribution in [3.8, 4) is 11.5 Å². The summed E-state index contributed by atoms with van der Waals surface area (Å²) in [6.07, 6.45) is 1.77. The van der Waals surface area contributed by atoms with E-state index in [0.29, 0.717) is 31.5 Å². The van der Waals surface area contributed by atoms with Gasteiger partial charge in [-0.25, -0.2) is 0 Å². The number of thioether (sulfide) groups is 1. The van der Waals surface area contributed by atoms with E-state index in [1.165, 1.54) is 0 Å². The lowest BCUT2D eigenvalue weighted by atomic mass is 10.2. The van der Waals surface area contributed by atoms with E-state index in [4.69, 9.17) is 15.2 Å². The first-order valence-electron chi connectivity index (χ1n) is 6.69. The van der Waals surface area contributed by atoms with E-state index in [2.05, 4.69) is 32.7 Å². The number of benzene rings is 1. The van der Waals surface area contributed by atoms with Crippen LogP contribution in [0.25, 0.3) is 0 Å². The molecule has 0 bridgehead atoms. The van der Waals surface area contributed by atoms with Crippen LogP contribution in [0.4, 0.5) is 5.95 Å². The quantitative estimate of drug-likeness (QED) is 0.632. The fraction of sp³-hybridized carbons (Fsp3) is 0.286. The summed E-state index contributed by atoms with van der Waals surface area (Å²) >= 11 is 5.13. The summed E-state index contributed by atoms with van der Waals surface area (Å²) in [4.78, 5) is 0. The molecule has 22 heavy (non-hydrogen) atoms. The molecule has 1 aromatic heterocycles. The van der Waals surface area contributed by atoms with Gasteiger partial charge in [0.05, 0.1) is 0 Å². The van der Waals surface area contributed by atoms with Crippen LogP contribution in [0.2, 0.25) is 0 Å². The minimum Gasteiger partial charge on any atom is -0.486 e. The lowest BCUT2D eigenvalue weighted by molar-refractivity contribution is 0.171. The molecule has 2 N–H and O–H groups in total. The number of halogens is 1. The number of hydrogen-bond acceptors (Lipinski definition) is 6. The van der Waals surface area contributed by atoms with E-state index >= 15 is 0 Å². The molecule has 116 valence electrons. The molecule has 0 saturated carbocycles. The van der Waals surface area contributed by atoms with Crippen LogP contribution >= 0.6 is 27.7 Å². The molecule has 0 atom stereocenters. The van der Waals surface area contributed by atoms with Gasteiger partial charge in [-0.3, -0.25) is 4.57 Å². The number of nitrogen functional groups attached to an aromatic ring is 1. The second kappa shape index (κ2) is 6.62. The Morgan fingerprint density at radius 2 is 2.05 bits per heavy atom. The molecule has 2 aromatic rings. The smallest absolute Gasteiger partial charge is 0.222 e. The minimum atomic E-state index is 0.392. The Labute approximate surface area is 140 Å². The molecule has 8 heteroatoms. The largest absolute Gasteiger partial charge is 0.486 e. The lowest BCUT2D eigenvalue weighted by Gasteiger charge is -2.19. The third kappa shape index (κ3) is 3.07. The highest BCUT2D eigenvalue weighted by Crippen LogP contribution is 2.37. The highest BCUT2D eigenvalue weighted by atomic mass is 79.9. The lowest BCUT2D eigenvalue weighted by Crippen LogP contribution is -2.15. The zero-order chi connectivity index (χ0) is 15.5. The third-order valence-electron chi connectivity index (χ3n) is 3.13. The SMILES string of the molecule is C=CCn1c(N)nnc1SCc1cc2c(cc1Br)OCCO2. The molecule has 0 saturated heterocycles. The molecule has 0 aliphatic carbocycles. The monoisotopic (exact) mass is 382 g/mol. The van der Waals surface area contributed by atoms with Crippen LogP contribution in [0.5, 0.6) is 11.5 Å². The number of rotatable bonds is 5. The fourth-order valence-corrected chi connectivity index (χ4v) is 3.66. The van der Waals surface area contributed by atoms with E-state index < -0.39 is 0 Å². The number of aromatic nitrogens is 3. The normalized spacial score (nSPS) is 13.1. The van der Waals surface area contributed by atoms with E-state index in [0.717, 1.165) is 26.7 Å². The zero-order valence-corrected chi connectivity index (χ0v) is 14.2. The van der Waals surface area contributed by atoms with E-state index in [-0.39, 0.29) is 0 Å². The first kappa shape index (κ1) is 15.2. The number of nitrogens with two attached hydrogens (primary N) is 1. The predicted octanol–water partition coefficient (Wildman–Crippen LogP) is 2.87. The van der Waals surface area contributed by atoms with E-state index in [1.54, 1.807) is 17.8 Å². The number of allylic oxidation sites excluding steroid dienone is 1. The maximum Gasteiger partial charge on any atom is 0.222 e. The van der Waals surface area contributed by atoms with Crippen molar-refractivity contribution >= 4 is 33.6 Å². The minimum absolute atomic E-state index is 0.392. The van der Waals surface area contributed by atoms with Crippen molar-refractivity contribution in [3.63, 3.8) is 0 Å². The number of anilines is 1. The van der Waals surface area contributed by atoms with Gasteiger partial charge in [-0.15, -0.1) is 16.8 Å². The highest BCUT2D eigenvalue weighted by Gasteiger charge is 2.16. The summed E-state index contributed by atoms with van der Waals surface area (Å²) in [6, 6.07) is 3.93. The molecule has 0 unspecified atom stereocenters. The van der Waals surface area contributed by atoms with Crippen molar-refractivity contribution in [2.75, 3.05) is 18.9 Å². The van der Waals surface area contributed by atoms with E-state index in [9.17, 15) is 0 Å². The highest BCUT2D eigenvalue weighted by molar-refractivity contribution is 9.10. The maximum absolute atomic E-state index is 5.80. The van der Waals surface area contributed by atoms with Gasteiger partial charge < -0.3 is 15.2 Å². The molecule has 0 amide bonds. The van der Waals surface area contributed by atoms with Crippen LogP contribution in [-0.4, -0.2) is 28.0 Å². The Morgan fingerprint density at radius 3 is 2.77 bits per heavy atom. The predicted molar refractivity (Wildman–Crippen MR) is 89.3 cm³/mol. The standard InChI is InChI=1S/C14H15BrN4O2S/c1-2-3-19-13(16)17-18-14(19)22-8-9-6-11-12(7-10(9)15)21-5-4-20-11/h2,6-7H,1,3-5,8H2,(H2,16,17). The van der Waals surface area contributed by atoms with Crippen molar-refractivity contribution in [2.24, 2.45) is 0 Å². The average molecular weight is 383 g/mol. The summed E-state index contributed by atoms with van der Waals surface area (Å²) in [6.45, 7) is 5.46. The van der Waals surface area contributed by atoms with Gasteiger partial charge >= 0.3 is 0 Å². The third-order valence-corrected chi connectivity index (χ3v) is 4.88. The van der Waals surface area contributed by atoms with E-state index in [1.807, 2.05) is 16.7 Å². The molecular formula is C14H15BrN4O2S. The van der Waals surface area contributed by atoms with Gasteiger partial charge in [0.1, 0.15) is 13.2 Å². The number of fused-ring (bicyclic) bond motifs is 1. The van der Waals surface area contributed by atoms with Gasteiger partial charge in [-0.1, -0.05) is 33.8 Å². The van der Waals surface area contributed by atoms with Crippen molar-refractivity contribution in [3.05, 3.63) is 34.8 Å². The Hall–Kier alpha value is -1.67. The second-order valence-corrected chi connectivity index (χ2v) is 6.41. The van der Waals surface area contributed by atoms with Crippen LogP contribution in [0.1, 0.15) is 5.56 Å². The fourth-order valence-electron chi connectivity index (χ4n) is 2.07. The second-order valence-electron chi connectivity index (χ2n) is 4.62. The first-order chi connectivity index (χ1) is 10.7. The molecule has 3 rings (SSSR count). The topological polar surface area (TPSA) is 75.2 Å². The average Bonchev–Trinajstić information content (AvgIpc) is 2.86. The molecule has 1 aliphatic rings. The zero-order valence-electron chi connectivity index (χ0n) is 11.8. The Kier molecular flexibility index (Phi) is 4.58. The molecule has 0 fully saturated rings. The van der Waals surface area contributed by atoms with Crippen LogP contribution in [0.15, 0.2) is 34.4 Å². The van der Waals surface area contributed by atoms with Crippen molar-refractivity contribution in [1.29, 1.82) is 0 Å². The van der Waals surface area contributed by atoms with Crippen LogP contribution in [0.3, 0.4) is 0 Å². The van der Waals surface area contributed by atoms with Crippen LogP contribution < -0.4 is 15.2 Å². The van der Waals surface area contributed by atoms with Crippen LogP contribution in [0, 0.1) is 0 Å². The molecule has 6 nitrogen and oxygen atoms in total. The number of hydrogen-bond donors (Lipinski definition) is 1. The van der Waals surface area contributed by atoms with Gasteiger partial charge in [0.25, 0.3) is 0 Å². The molecular weight excluding hydrogens is 368 g/mol. The van der Waals surface area contributed by atoms with Gasteiger partial charge in [0.2, 0.25) is 5.95 Å². The molecule has 1 aromatic carbocycles. The van der Waals surface area contributed by atoms with Gasteiger partial charge in [-0.05, 0) is 17.7 Å². The maximum atomic E-state index is 5.80. The Bertz CT molecular complexity index is 704. The number of nitrogens with zero attached hydrogens (tertiary/aromatic N) is 3. The summed E-state index contributed by atoms with van der Waals surface area (Å²) in [5.74, 6) is 2.65. The summed E-state index contributed by atoms with van der Waals surface area (Å²) < 4.78 is 14.0. The Balaban J connectivity index is 1.78. The molecule has 1 aliphatic heterocycles. The Morgan fingerprint density at radius 1 is 1.32 bits per heavy atom. The molecule has 0 radical (unpaired) electrons. The summed E-state index contributed by atoms with van der Waals surface area (Å²) in [5, 5.41) is 8.77. The van der Waals surface area contributed by atoms with Crippen molar-refractivity contribution in [2.45, 2.75) is 17.5 Å². The van der Waals surface area contributed by atoms with Crippen LogP contribution in [-0.2, 0) is 12.3 Å². The van der Waals surface area contributed by atoms with Crippen molar-refractivity contribution < 1.29 is 9.47 Å². The van der Waals surface area contributed by atoms with Crippen molar-refractivity contribution in [1.82, 2.24) is 14.8 Å².